The van der Waals surface area contributed by atoms with Crippen LogP contribution in [0.15, 0.2) is 53.6 Å². The number of hydrogen-bond acceptors (Lipinski definition) is 5. The number of pyridine rings is 1. The molecular weight excluding hydrogens is 414 g/mol. The summed E-state index contributed by atoms with van der Waals surface area (Å²) in [7, 11) is -3.54. The minimum absolute atomic E-state index is 0.122. The van der Waals surface area contributed by atoms with E-state index in [-0.39, 0.29) is 16.7 Å². The number of benzene rings is 1. The molecule has 0 atom stereocenters. The van der Waals surface area contributed by atoms with Gasteiger partial charge >= 0.3 is 0 Å². The molecule has 0 bridgehead atoms. The quantitative estimate of drug-likeness (QED) is 0.623. The van der Waals surface area contributed by atoms with Crippen LogP contribution in [0.4, 0.5) is 0 Å². The lowest BCUT2D eigenvalue weighted by Crippen LogP contribution is -2.38. The van der Waals surface area contributed by atoms with Gasteiger partial charge in [0.1, 0.15) is 5.82 Å². The number of rotatable bonds is 4. The highest BCUT2D eigenvalue weighted by atomic mass is 32.2. The standard InChI is InChI=1S/C22H25N5O3S/c28-22(18-6-5-7-19(16-18)31(29,30)26-11-3-4-12-26)25-14-9-17(10-15-25)21-24-23-20-8-1-2-13-27(20)21/h1-2,5-8,13,16-17H,3-4,9-12,14-15H2. The maximum atomic E-state index is 13.1. The monoisotopic (exact) mass is 439 g/mol. The van der Waals surface area contributed by atoms with Crippen LogP contribution in [0.1, 0.15) is 47.8 Å². The molecule has 0 radical (unpaired) electrons. The van der Waals surface area contributed by atoms with Crippen molar-refractivity contribution in [2.24, 2.45) is 0 Å². The molecule has 4 heterocycles. The summed E-state index contributed by atoms with van der Waals surface area (Å²) in [6.07, 6.45) is 5.33. The van der Waals surface area contributed by atoms with E-state index >= 15 is 0 Å². The van der Waals surface area contributed by atoms with Crippen molar-refractivity contribution in [2.75, 3.05) is 26.2 Å². The van der Waals surface area contributed by atoms with Crippen molar-refractivity contribution in [1.82, 2.24) is 23.8 Å². The molecule has 2 aliphatic rings. The second-order valence-corrected chi connectivity index (χ2v) is 10.1. The van der Waals surface area contributed by atoms with Gasteiger partial charge in [0.2, 0.25) is 10.0 Å². The number of amides is 1. The Balaban J connectivity index is 1.30. The molecule has 2 aromatic heterocycles. The van der Waals surface area contributed by atoms with Crippen molar-refractivity contribution in [3.05, 3.63) is 60.0 Å². The summed E-state index contributed by atoms with van der Waals surface area (Å²) in [6.45, 7) is 2.30. The smallest absolute Gasteiger partial charge is 0.253 e. The molecule has 9 heteroatoms. The number of carbonyl (C=O) groups is 1. The lowest BCUT2D eigenvalue weighted by molar-refractivity contribution is 0.0710. The van der Waals surface area contributed by atoms with E-state index in [9.17, 15) is 13.2 Å². The predicted molar refractivity (Wildman–Crippen MR) is 115 cm³/mol. The van der Waals surface area contributed by atoms with Gasteiger partial charge in [-0.15, -0.1) is 10.2 Å². The third kappa shape index (κ3) is 3.72. The Bertz CT molecular complexity index is 1210. The van der Waals surface area contributed by atoms with Gasteiger partial charge in [-0.3, -0.25) is 9.20 Å². The molecule has 0 saturated carbocycles. The minimum Gasteiger partial charge on any atom is -0.339 e. The highest BCUT2D eigenvalue weighted by Gasteiger charge is 2.30. The number of piperidine rings is 1. The number of fused-ring (bicyclic) bond motifs is 1. The summed E-state index contributed by atoms with van der Waals surface area (Å²) in [4.78, 5) is 15.1. The molecule has 2 fully saturated rings. The highest BCUT2D eigenvalue weighted by Crippen LogP contribution is 2.28. The molecule has 31 heavy (non-hydrogen) atoms. The van der Waals surface area contributed by atoms with Crippen molar-refractivity contribution in [1.29, 1.82) is 0 Å². The molecule has 162 valence electrons. The van der Waals surface area contributed by atoms with Crippen LogP contribution < -0.4 is 0 Å². The minimum atomic E-state index is -3.54. The first-order valence-electron chi connectivity index (χ1n) is 10.7. The number of likely N-dealkylation sites (tertiary alicyclic amines) is 1. The van der Waals surface area contributed by atoms with Gasteiger partial charge in [-0.05, 0) is 56.0 Å². The first-order valence-corrected chi connectivity index (χ1v) is 12.2. The number of aromatic nitrogens is 3. The summed E-state index contributed by atoms with van der Waals surface area (Å²) in [5.41, 5.74) is 1.25. The highest BCUT2D eigenvalue weighted by molar-refractivity contribution is 7.89. The van der Waals surface area contributed by atoms with Gasteiger partial charge in [-0.1, -0.05) is 12.1 Å². The van der Waals surface area contributed by atoms with E-state index in [1.54, 1.807) is 23.1 Å². The van der Waals surface area contributed by atoms with Crippen molar-refractivity contribution in [2.45, 2.75) is 36.5 Å². The second-order valence-electron chi connectivity index (χ2n) is 8.19. The summed E-state index contributed by atoms with van der Waals surface area (Å²) < 4.78 is 29.2. The zero-order chi connectivity index (χ0) is 21.4. The topological polar surface area (TPSA) is 87.9 Å². The van der Waals surface area contributed by atoms with Crippen LogP contribution in [0, 0.1) is 0 Å². The molecule has 0 spiro atoms. The maximum Gasteiger partial charge on any atom is 0.253 e. The number of sulfonamides is 1. The Morgan fingerprint density at radius 3 is 2.48 bits per heavy atom. The molecule has 0 unspecified atom stereocenters. The van der Waals surface area contributed by atoms with Crippen molar-refractivity contribution in [3.8, 4) is 0 Å². The Kier molecular flexibility index (Phi) is 5.23. The fraction of sp³-hybridized carbons (Fsp3) is 0.409. The average molecular weight is 440 g/mol. The third-order valence-corrected chi connectivity index (χ3v) is 8.17. The first kappa shape index (κ1) is 20.1. The summed E-state index contributed by atoms with van der Waals surface area (Å²) >= 11 is 0. The van der Waals surface area contributed by atoms with Gasteiger partial charge < -0.3 is 4.90 Å². The molecule has 0 aliphatic carbocycles. The van der Waals surface area contributed by atoms with Gasteiger partial charge in [-0.2, -0.15) is 4.31 Å². The molecule has 1 amide bonds. The third-order valence-electron chi connectivity index (χ3n) is 6.27. The summed E-state index contributed by atoms with van der Waals surface area (Å²) in [6, 6.07) is 12.3. The van der Waals surface area contributed by atoms with Crippen molar-refractivity contribution < 1.29 is 13.2 Å². The van der Waals surface area contributed by atoms with E-state index in [4.69, 9.17) is 0 Å². The molecule has 2 saturated heterocycles. The first-order chi connectivity index (χ1) is 15.0. The number of carbonyl (C=O) groups excluding carboxylic acids is 1. The average Bonchev–Trinajstić information content (AvgIpc) is 3.50. The van der Waals surface area contributed by atoms with Crippen molar-refractivity contribution >= 4 is 21.6 Å². The van der Waals surface area contributed by atoms with Gasteiger partial charge in [0.15, 0.2) is 5.65 Å². The summed E-state index contributed by atoms with van der Waals surface area (Å²) in [5, 5.41) is 8.59. The maximum absolute atomic E-state index is 13.1. The number of nitrogens with zero attached hydrogens (tertiary/aromatic N) is 5. The fourth-order valence-electron chi connectivity index (χ4n) is 4.53. The van der Waals surface area contributed by atoms with Crippen LogP contribution in [0.5, 0.6) is 0 Å². The van der Waals surface area contributed by atoms with Gasteiger partial charge in [0.05, 0.1) is 4.90 Å². The lowest BCUT2D eigenvalue weighted by atomic mass is 9.95. The fourth-order valence-corrected chi connectivity index (χ4v) is 6.09. The molecular formula is C22H25N5O3S. The van der Waals surface area contributed by atoms with E-state index in [2.05, 4.69) is 10.2 Å². The van der Waals surface area contributed by atoms with Crippen LogP contribution in [0.25, 0.3) is 5.65 Å². The second kappa shape index (κ2) is 8.05. The van der Waals surface area contributed by atoms with Crippen LogP contribution in [-0.4, -0.2) is 64.3 Å². The zero-order valence-electron chi connectivity index (χ0n) is 17.2. The van der Waals surface area contributed by atoms with E-state index < -0.39 is 10.0 Å². The predicted octanol–water partition coefficient (Wildman–Crippen LogP) is 2.53. The SMILES string of the molecule is O=C(c1cccc(S(=O)(=O)N2CCCC2)c1)N1CCC(c2nnc3ccccn23)CC1. The molecule has 3 aromatic rings. The van der Waals surface area contributed by atoms with E-state index in [1.165, 1.54) is 10.4 Å². The molecule has 8 nitrogen and oxygen atoms in total. The van der Waals surface area contributed by atoms with Gasteiger partial charge in [0, 0.05) is 43.9 Å². The summed E-state index contributed by atoms with van der Waals surface area (Å²) in [5.74, 6) is 1.05. The molecule has 1 aromatic carbocycles. The van der Waals surface area contributed by atoms with E-state index in [0.29, 0.717) is 31.7 Å². The van der Waals surface area contributed by atoms with E-state index in [0.717, 1.165) is 37.2 Å². The Morgan fingerprint density at radius 2 is 1.71 bits per heavy atom. The van der Waals surface area contributed by atoms with Crippen LogP contribution >= 0.6 is 0 Å². The van der Waals surface area contributed by atoms with E-state index in [1.807, 2.05) is 28.8 Å². The van der Waals surface area contributed by atoms with Crippen molar-refractivity contribution in [3.63, 3.8) is 0 Å². The van der Waals surface area contributed by atoms with Crippen LogP contribution in [0.2, 0.25) is 0 Å². The Labute approximate surface area is 181 Å². The Hall–Kier alpha value is -2.78. The number of hydrogen-bond donors (Lipinski definition) is 0. The molecule has 0 N–H and O–H groups in total. The molecule has 5 rings (SSSR count). The molecule has 2 aliphatic heterocycles. The van der Waals surface area contributed by atoms with Crippen LogP contribution in [0.3, 0.4) is 0 Å². The normalized spacial score (nSPS) is 18.6. The largest absolute Gasteiger partial charge is 0.339 e. The lowest BCUT2D eigenvalue weighted by Gasteiger charge is -2.31. The zero-order valence-corrected chi connectivity index (χ0v) is 18.0. The van der Waals surface area contributed by atoms with Gasteiger partial charge in [-0.25, -0.2) is 8.42 Å². The van der Waals surface area contributed by atoms with Gasteiger partial charge in [0.25, 0.3) is 5.91 Å². The Morgan fingerprint density at radius 1 is 0.935 bits per heavy atom. The van der Waals surface area contributed by atoms with Crippen LogP contribution in [-0.2, 0) is 10.0 Å².